The second-order valence-corrected chi connectivity index (χ2v) is 15.0. The van der Waals surface area contributed by atoms with Crippen molar-refractivity contribution in [3.05, 3.63) is 95.6 Å². The van der Waals surface area contributed by atoms with E-state index in [2.05, 4.69) is 82.7 Å². The van der Waals surface area contributed by atoms with E-state index >= 15 is 0 Å². The third-order valence-corrected chi connectivity index (χ3v) is 11.9. The predicted octanol–water partition coefficient (Wildman–Crippen LogP) is 6.76. The SMILES string of the molecule is B[C@@H]1S[C@H](COC(c2ccccc2)(c2ccc(OC)cc2)c2ccc(OC)cc2)[C@@H](OP(OCCC#N)N(C(C)C)C(C)C)[C@H]1OC. The standard InChI is InChI=1S/C36H48BN2O6PS/c1-25(2)39(26(3)4)46(44-23-11-22-38)45-33-32(47-35(37)34(33)42-7)24-43-36(27-12-9-8-10-13-27,28-14-18-30(40-5)19-15-28)29-16-20-31(41-6)21-17-29/h8-10,12-21,25-26,32-35H,11,23-24,37H2,1-7H3/t32-,33-,34-,35-,46?/m1/s1. The fourth-order valence-corrected chi connectivity index (χ4v) is 9.52. The van der Waals surface area contributed by atoms with Crippen LogP contribution in [-0.2, 0) is 24.1 Å². The van der Waals surface area contributed by atoms with Gasteiger partial charge in [0.2, 0.25) is 0 Å². The Morgan fingerprint density at radius 2 is 1.36 bits per heavy atom. The maximum Gasteiger partial charge on any atom is 0.259 e. The number of thioether (sulfide) groups is 1. The Morgan fingerprint density at radius 1 is 0.830 bits per heavy atom. The van der Waals surface area contributed by atoms with E-state index in [0.29, 0.717) is 19.6 Å². The molecule has 0 aromatic heterocycles. The van der Waals surface area contributed by atoms with Gasteiger partial charge in [0.05, 0.1) is 51.3 Å². The maximum absolute atomic E-state index is 9.23. The molecule has 1 heterocycles. The molecule has 0 saturated carbocycles. The molecule has 3 aromatic rings. The van der Waals surface area contributed by atoms with Crippen LogP contribution in [0.2, 0.25) is 0 Å². The van der Waals surface area contributed by atoms with Crippen molar-refractivity contribution in [2.45, 2.75) is 74.4 Å². The first-order valence-corrected chi connectivity index (χ1v) is 18.2. The Hall–Kier alpha value is -2.61. The largest absolute Gasteiger partial charge is 0.497 e. The number of ether oxygens (including phenoxy) is 4. The Bertz CT molecular complexity index is 1350. The minimum atomic E-state index is -1.48. The van der Waals surface area contributed by atoms with Crippen LogP contribution in [0.1, 0.15) is 50.8 Å². The van der Waals surface area contributed by atoms with Crippen molar-refractivity contribution in [3.63, 3.8) is 0 Å². The molecule has 1 fully saturated rings. The van der Waals surface area contributed by atoms with E-state index < -0.39 is 14.1 Å². The smallest absolute Gasteiger partial charge is 0.259 e. The summed E-state index contributed by atoms with van der Waals surface area (Å²) in [6.45, 7) is 9.25. The summed E-state index contributed by atoms with van der Waals surface area (Å²) in [5.41, 5.74) is 1.99. The first-order valence-electron chi connectivity index (χ1n) is 16.1. The summed E-state index contributed by atoms with van der Waals surface area (Å²) >= 11 is 1.81. The Kier molecular flexibility index (Phi) is 14.0. The lowest BCUT2D eigenvalue weighted by molar-refractivity contribution is -0.0281. The number of hydrogen-bond donors (Lipinski definition) is 0. The van der Waals surface area contributed by atoms with Gasteiger partial charge < -0.3 is 28.0 Å². The first-order chi connectivity index (χ1) is 22.7. The lowest BCUT2D eigenvalue weighted by atomic mass is 9.80. The normalized spacial score (nSPS) is 20.4. The topological polar surface area (TPSA) is 82.4 Å². The number of hydrogen-bond acceptors (Lipinski definition) is 9. The molecule has 0 spiro atoms. The van der Waals surface area contributed by atoms with Gasteiger partial charge in [0, 0.05) is 24.3 Å². The fraction of sp³-hybridized carbons (Fsp3) is 0.472. The van der Waals surface area contributed by atoms with Crippen LogP contribution in [0.3, 0.4) is 0 Å². The van der Waals surface area contributed by atoms with Gasteiger partial charge in [-0.05, 0) is 68.7 Å². The van der Waals surface area contributed by atoms with Crippen LogP contribution in [0.4, 0.5) is 0 Å². The maximum atomic E-state index is 9.23. The Balaban J connectivity index is 1.77. The monoisotopic (exact) mass is 678 g/mol. The van der Waals surface area contributed by atoms with Gasteiger partial charge in [-0.2, -0.15) is 17.0 Å². The van der Waals surface area contributed by atoms with Gasteiger partial charge in [0.1, 0.15) is 31.1 Å². The molecule has 0 radical (unpaired) electrons. The molecule has 0 bridgehead atoms. The summed E-state index contributed by atoms with van der Waals surface area (Å²) < 4.78 is 40.0. The number of benzene rings is 3. The van der Waals surface area contributed by atoms with Crippen molar-refractivity contribution in [1.29, 1.82) is 5.26 Å². The van der Waals surface area contributed by atoms with Crippen molar-refractivity contribution in [1.82, 2.24) is 4.67 Å². The van der Waals surface area contributed by atoms with E-state index in [9.17, 15) is 5.26 Å². The molecule has 5 atom stereocenters. The summed E-state index contributed by atoms with van der Waals surface area (Å²) in [5, 5.41) is 9.32. The molecule has 3 aromatic carbocycles. The van der Waals surface area contributed by atoms with Gasteiger partial charge in [-0.1, -0.05) is 54.6 Å². The molecule has 0 aliphatic carbocycles. The highest BCUT2D eigenvalue weighted by atomic mass is 32.2. The highest BCUT2D eigenvalue weighted by molar-refractivity contribution is 8.02. The van der Waals surface area contributed by atoms with E-state index in [1.54, 1.807) is 21.3 Å². The van der Waals surface area contributed by atoms with Crippen LogP contribution in [-0.4, -0.2) is 81.8 Å². The molecule has 4 rings (SSSR count). The van der Waals surface area contributed by atoms with Gasteiger partial charge in [-0.3, -0.25) is 0 Å². The molecule has 1 aliphatic rings. The van der Waals surface area contributed by atoms with E-state index in [0.717, 1.165) is 28.2 Å². The minimum Gasteiger partial charge on any atom is -0.497 e. The van der Waals surface area contributed by atoms with Gasteiger partial charge in [-0.15, -0.1) is 0 Å². The Morgan fingerprint density at radius 3 is 1.83 bits per heavy atom. The zero-order chi connectivity index (χ0) is 34.0. The molecule has 252 valence electrons. The molecular formula is C36H48BN2O6PS. The van der Waals surface area contributed by atoms with Crippen molar-refractivity contribution in [2.24, 2.45) is 0 Å². The lowest BCUT2D eigenvalue weighted by Crippen LogP contribution is -2.42. The molecule has 1 saturated heterocycles. The van der Waals surface area contributed by atoms with Gasteiger partial charge in [0.25, 0.3) is 8.53 Å². The van der Waals surface area contributed by atoms with Gasteiger partial charge >= 0.3 is 0 Å². The van der Waals surface area contributed by atoms with Crippen LogP contribution in [0.5, 0.6) is 11.5 Å². The molecule has 1 aliphatic heterocycles. The third kappa shape index (κ3) is 8.71. The second-order valence-electron chi connectivity index (χ2n) is 12.0. The van der Waals surface area contributed by atoms with E-state index in [4.69, 9.17) is 28.0 Å². The van der Waals surface area contributed by atoms with E-state index in [-0.39, 0.29) is 34.7 Å². The van der Waals surface area contributed by atoms with Crippen LogP contribution < -0.4 is 9.47 Å². The second kappa shape index (κ2) is 17.7. The number of nitrogens with zero attached hydrogens (tertiary/aromatic N) is 2. The highest BCUT2D eigenvalue weighted by Gasteiger charge is 2.48. The molecule has 11 heteroatoms. The zero-order valence-corrected chi connectivity index (χ0v) is 30.5. The minimum absolute atomic E-state index is 0.0692. The van der Waals surface area contributed by atoms with E-state index in [1.165, 1.54) is 0 Å². The van der Waals surface area contributed by atoms with Gasteiger partial charge in [0.15, 0.2) is 0 Å². The summed E-state index contributed by atoms with van der Waals surface area (Å²) in [7, 11) is 5.78. The number of rotatable bonds is 17. The van der Waals surface area contributed by atoms with Gasteiger partial charge in [-0.25, -0.2) is 4.67 Å². The summed E-state index contributed by atoms with van der Waals surface area (Å²) in [6.07, 6.45) is -0.188. The number of methoxy groups -OCH3 is 3. The van der Waals surface area contributed by atoms with Crippen molar-refractivity contribution >= 4 is 28.1 Å². The van der Waals surface area contributed by atoms with Crippen LogP contribution in [0, 0.1) is 11.3 Å². The molecule has 1 unspecified atom stereocenters. The first kappa shape index (κ1) is 37.2. The Labute approximate surface area is 287 Å². The molecule has 8 nitrogen and oxygen atoms in total. The fourth-order valence-electron chi connectivity index (χ4n) is 6.18. The quantitative estimate of drug-likeness (QED) is 0.0666. The third-order valence-electron chi connectivity index (χ3n) is 8.33. The molecule has 0 N–H and O–H groups in total. The zero-order valence-electron chi connectivity index (χ0n) is 28.8. The van der Waals surface area contributed by atoms with Crippen LogP contribution in [0.25, 0.3) is 0 Å². The summed E-state index contributed by atoms with van der Waals surface area (Å²) in [4.78, 5) is 0. The van der Waals surface area contributed by atoms with Crippen LogP contribution in [0.15, 0.2) is 78.9 Å². The number of nitriles is 1. The lowest BCUT2D eigenvalue weighted by Gasteiger charge is -2.39. The molecule has 0 amide bonds. The van der Waals surface area contributed by atoms with Crippen molar-refractivity contribution in [2.75, 3.05) is 34.5 Å². The summed E-state index contributed by atoms with van der Waals surface area (Å²) in [6, 6.07) is 29.0. The average Bonchev–Trinajstić information content (AvgIpc) is 3.38. The molecule has 47 heavy (non-hydrogen) atoms. The summed E-state index contributed by atoms with van der Waals surface area (Å²) in [5.74, 6) is 1.54. The average molecular weight is 679 g/mol. The van der Waals surface area contributed by atoms with Crippen molar-refractivity contribution in [3.8, 4) is 17.6 Å². The highest BCUT2D eigenvalue weighted by Crippen LogP contribution is 2.52. The van der Waals surface area contributed by atoms with E-state index in [1.807, 2.05) is 54.2 Å². The van der Waals surface area contributed by atoms with Crippen molar-refractivity contribution < 1.29 is 28.0 Å². The molecular weight excluding hydrogens is 630 g/mol. The predicted molar refractivity (Wildman–Crippen MR) is 193 cm³/mol. The van der Waals surface area contributed by atoms with Crippen LogP contribution >= 0.6 is 20.3 Å².